The standard InChI is InChI=1S/C10H18O3/c1-9(5-6-11)8-13-10-4-2-3-7-12-10/h5,10-11H,2-4,6-8H2,1H3/b9-5+. The van der Waals surface area contributed by atoms with E-state index in [9.17, 15) is 0 Å². The molecular weight excluding hydrogens is 168 g/mol. The summed E-state index contributed by atoms with van der Waals surface area (Å²) in [5.41, 5.74) is 1.05. The van der Waals surface area contributed by atoms with Crippen LogP contribution in [0.3, 0.4) is 0 Å². The van der Waals surface area contributed by atoms with Gasteiger partial charge in [-0.2, -0.15) is 0 Å². The van der Waals surface area contributed by atoms with Gasteiger partial charge in [-0.3, -0.25) is 0 Å². The number of aliphatic hydroxyl groups excluding tert-OH is 1. The van der Waals surface area contributed by atoms with Gasteiger partial charge in [0, 0.05) is 6.61 Å². The van der Waals surface area contributed by atoms with E-state index in [2.05, 4.69) is 0 Å². The van der Waals surface area contributed by atoms with Crippen LogP contribution in [0.5, 0.6) is 0 Å². The lowest BCUT2D eigenvalue weighted by atomic mass is 10.2. The molecule has 0 amide bonds. The first-order valence-corrected chi connectivity index (χ1v) is 4.82. The summed E-state index contributed by atoms with van der Waals surface area (Å²) in [6.07, 6.45) is 5.05. The number of aliphatic hydroxyl groups is 1. The molecular formula is C10H18O3. The Labute approximate surface area is 79.3 Å². The molecule has 0 bridgehead atoms. The van der Waals surface area contributed by atoms with E-state index in [-0.39, 0.29) is 12.9 Å². The summed E-state index contributed by atoms with van der Waals surface area (Å²) in [6, 6.07) is 0. The van der Waals surface area contributed by atoms with Crippen molar-refractivity contribution in [2.24, 2.45) is 0 Å². The molecule has 0 aromatic carbocycles. The Hall–Kier alpha value is -0.380. The molecule has 13 heavy (non-hydrogen) atoms. The van der Waals surface area contributed by atoms with Crippen LogP contribution in [0.2, 0.25) is 0 Å². The smallest absolute Gasteiger partial charge is 0.158 e. The van der Waals surface area contributed by atoms with Crippen LogP contribution >= 0.6 is 0 Å². The van der Waals surface area contributed by atoms with E-state index in [1.807, 2.05) is 6.92 Å². The van der Waals surface area contributed by atoms with Crippen LogP contribution < -0.4 is 0 Å². The minimum Gasteiger partial charge on any atom is -0.392 e. The van der Waals surface area contributed by atoms with E-state index in [0.717, 1.165) is 25.0 Å². The van der Waals surface area contributed by atoms with Gasteiger partial charge in [-0.25, -0.2) is 0 Å². The van der Waals surface area contributed by atoms with Crippen LogP contribution in [-0.2, 0) is 9.47 Å². The molecule has 3 nitrogen and oxygen atoms in total. The average molecular weight is 186 g/mol. The molecule has 0 saturated carbocycles. The van der Waals surface area contributed by atoms with Crippen LogP contribution in [0.4, 0.5) is 0 Å². The maximum Gasteiger partial charge on any atom is 0.158 e. The summed E-state index contributed by atoms with van der Waals surface area (Å²) in [5.74, 6) is 0. The Kier molecular flexibility index (Phi) is 5.05. The molecule has 1 aliphatic heterocycles. The normalized spacial score (nSPS) is 24.8. The second-order valence-corrected chi connectivity index (χ2v) is 3.34. The molecule has 0 spiro atoms. The Bertz CT molecular complexity index is 160. The largest absolute Gasteiger partial charge is 0.392 e. The molecule has 0 radical (unpaired) electrons. The van der Waals surface area contributed by atoms with Crippen molar-refractivity contribution in [3.05, 3.63) is 11.6 Å². The predicted octanol–water partition coefficient (Wildman–Crippen LogP) is 1.47. The van der Waals surface area contributed by atoms with Crippen molar-refractivity contribution in [1.82, 2.24) is 0 Å². The monoisotopic (exact) mass is 186 g/mol. The minimum atomic E-state index is -0.0317. The molecule has 3 heteroatoms. The van der Waals surface area contributed by atoms with E-state index in [1.54, 1.807) is 6.08 Å². The van der Waals surface area contributed by atoms with E-state index in [0.29, 0.717) is 6.61 Å². The lowest BCUT2D eigenvalue weighted by molar-refractivity contribution is -0.156. The Balaban J connectivity index is 2.13. The van der Waals surface area contributed by atoms with Crippen molar-refractivity contribution in [3.63, 3.8) is 0 Å². The van der Waals surface area contributed by atoms with Crippen LogP contribution in [0.15, 0.2) is 11.6 Å². The summed E-state index contributed by atoms with van der Waals surface area (Å²) < 4.78 is 10.9. The highest BCUT2D eigenvalue weighted by Gasteiger charge is 2.13. The molecule has 0 aliphatic carbocycles. The van der Waals surface area contributed by atoms with E-state index >= 15 is 0 Å². The summed E-state index contributed by atoms with van der Waals surface area (Å²) >= 11 is 0. The first-order chi connectivity index (χ1) is 6.33. The van der Waals surface area contributed by atoms with Gasteiger partial charge in [-0.1, -0.05) is 6.08 Å². The zero-order valence-electron chi connectivity index (χ0n) is 8.16. The first-order valence-electron chi connectivity index (χ1n) is 4.82. The highest BCUT2D eigenvalue weighted by atomic mass is 16.7. The molecule has 1 aliphatic rings. The third-order valence-corrected chi connectivity index (χ3v) is 2.07. The Morgan fingerprint density at radius 1 is 1.62 bits per heavy atom. The molecule has 1 atom stereocenters. The second kappa shape index (κ2) is 6.13. The minimum absolute atomic E-state index is 0.0317. The topological polar surface area (TPSA) is 38.7 Å². The Morgan fingerprint density at radius 3 is 3.08 bits per heavy atom. The number of hydrogen-bond acceptors (Lipinski definition) is 3. The van der Waals surface area contributed by atoms with Crippen molar-refractivity contribution >= 4 is 0 Å². The molecule has 1 rings (SSSR count). The van der Waals surface area contributed by atoms with Gasteiger partial charge in [0.15, 0.2) is 6.29 Å². The fourth-order valence-corrected chi connectivity index (χ4v) is 1.28. The highest BCUT2D eigenvalue weighted by molar-refractivity contribution is 4.97. The van der Waals surface area contributed by atoms with Gasteiger partial charge < -0.3 is 14.6 Å². The van der Waals surface area contributed by atoms with Crippen molar-refractivity contribution in [2.45, 2.75) is 32.5 Å². The summed E-state index contributed by atoms with van der Waals surface area (Å²) in [6.45, 7) is 3.40. The van der Waals surface area contributed by atoms with Crippen LogP contribution in [0.1, 0.15) is 26.2 Å². The lowest BCUT2D eigenvalue weighted by Gasteiger charge is -2.22. The summed E-state index contributed by atoms with van der Waals surface area (Å²) in [5, 5.41) is 8.61. The van der Waals surface area contributed by atoms with Crippen molar-refractivity contribution in [3.8, 4) is 0 Å². The van der Waals surface area contributed by atoms with Crippen LogP contribution in [-0.4, -0.2) is 31.2 Å². The average Bonchev–Trinajstić information content (AvgIpc) is 2.17. The third-order valence-electron chi connectivity index (χ3n) is 2.07. The summed E-state index contributed by atoms with van der Waals surface area (Å²) in [7, 11) is 0. The van der Waals surface area contributed by atoms with Gasteiger partial charge in [0.05, 0.1) is 13.2 Å². The maximum atomic E-state index is 8.61. The molecule has 0 aromatic heterocycles. The maximum absolute atomic E-state index is 8.61. The quantitative estimate of drug-likeness (QED) is 0.676. The molecule has 76 valence electrons. The van der Waals surface area contributed by atoms with E-state index in [4.69, 9.17) is 14.6 Å². The van der Waals surface area contributed by atoms with Crippen LogP contribution in [0, 0.1) is 0 Å². The fraction of sp³-hybridized carbons (Fsp3) is 0.800. The van der Waals surface area contributed by atoms with Crippen molar-refractivity contribution < 1.29 is 14.6 Å². The number of rotatable bonds is 4. The molecule has 1 fully saturated rings. The van der Waals surface area contributed by atoms with Gasteiger partial charge in [0.25, 0.3) is 0 Å². The van der Waals surface area contributed by atoms with Crippen molar-refractivity contribution in [1.29, 1.82) is 0 Å². The third kappa shape index (κ3) is 4.41. The first kappa shape index (κ1) is 10.7. The second-order valence-electron chi connectivity index (χ2n) is 3.34. The van der Waals surface area contributed by atoms with Gasteiger partial charge >= 0.3 is 0 Å². The number of hydrogen-bond donors (Lipinski definition) is 1. The fourth-order valence-electron chi connectivity index (χ4n) is 1.28. The molecule has 0 aromatic rings. The molecule has 1 heterocycles. The zero-order valence-corrected chi connectivity index (χ0v) is 8.16. The predicted molar refractivity (Wildman–Crippen MR) is 50.4 cm³/mol. The summed E-state index contributed by atoms with van der Waals surface area (Å²) in [4.78, 5) is 0. The van der Waals surface area contributed by atoms with Gasteiger partial charge in [0.1, 0.15) is 0 Å². The van der Waals surface area contributed by atoms with E-state index in [1.165, 1.54) is 6.42 Å². The molecule has 1 unspecified atom stereocenters. The van der Waals surface area contributed by atoms with Gasteiger partial charge in [-0.05, 0) is 31.8 Å². The van der Waals surface area contributed by atoms with Gasteiger partial charge in [0.2, 0.25) is 0 Å². The van der Waals surface area contributed by atoms with Crippen LogP contribution in [0.25, 0.3) is 0 Å². The van der Waals surface area contributed by atoms with Gasteiger partial charge in [-0.15, -0.1) is 0 Å². The zero-order chi connectivity index (χ0) is 9.52. The highest BCUT2D eigenvalue weighted by Crippen LogP contribution is 2.14. The van der Waals surface area contributed by atoms with Crippen molar-refractivity contribution in [2.75, 3.05) is 19.8 Å². The lowest BCUT2D eigenvalue weighted by Crippen LogP contribution is -2.22. The number of ether oxygens (including phenoxy) is 2. The molecule has 1 N–H and O–H groups in total. The molecule has 1 saturated heterocycles. The SMILES string of the molecule is C/C(=C\CO)COC1CCCCO1. The van der Waals surface area contributed by atoms with E-state index < -0.39 is 0 Å². The Morgan fingerprint density at radius 2 is 2.46 bits per heavy atom.